The third-order valence-electron chi connectivity index (χ3n) is 3.14. The molecule has 98 valence electrons. The van der Waals surface area contributed by atoms with Crippen LogP contribution in [-0.4, -0.2) is 35.4 Å². The molecule has 1 aliphatic carbocycles. The Kier molecular flexibility index (Phi) is 6.12. The zero-order valence-corrected chi connectivity index (χ0v) is 11.6. The molecule has 1 aliphatic rings. The third kappa shape index (κ3) is 4.76. The van der Waals surface area contributed by atoms with Gasteiger partial charge in [0.15, 0.2) is 0 Å². The number of halogens is 1. The number of imide groups is 1. The monoisotopic (exact) mass is 278 g/mol. The lowest BCUT2D eigenvalue weighted by Crippen LogP contribution is -2.47. The molecule has 0 radical (unpaired) electrons. The summed E-state index contributed by atoms with van der Waals surface area (Å²) in [6, 6.07) is -0.449. The number of carbonyl (C=O) groups excluding carboxylic acids is 2. The van der Waals surface area contributed by atoms with Crippen molar-refractivity contribution in [1.29, 1.82) is 0 Å². The van der Waals surface area contributed by atoms with E-state index in [0.717, 1.165) is 12.8 Å². The molecular weight excluding hydrogens is 260 g/mol. The number of rotatable bonds is 4. The number of hydrogen-bond acceptors (Lipinski definition) is 3. The SMILES string of the molecule is CSC1(CNC(=O)NC(=O)CCl)CCCCC1. The van der Waals surface area contributed by atoms with Crippen LogP contribution >= 0.6 is 23.4 Å². The van der Waals surface area contributed by atoms with Crippen molar-refractivity contribution in [2.24, 2.45) is 0 Å². The van der Waals surface area contributed by atoms with Crippen LogP contribution in [-0.2, 0) is 4.79 Å². The number of amides is 3. The van der Waals surface area contributed by atoms with Crippen LogP contribution < -0.4 is 10.6 Å². The van der Waals surface area contributed by atoms with Gasteiger partial charge in [0.25, 0.3) is 0 Å². The number of carbonyl (C=O) groups is 2. The first-order valence-electron chi connectivity index (χ1n) is 5.81. The van der Waals surface area contributed by atoms with E-state index >= 15 is 0 Å². The number of urea groups is 1. The predicted octanol–water partition coefficient (Wildman–Crippen LogP) is 2.12. The standard InChI is InChI=1S/C11H19ClN2O2S/c1-17-11(5-3-2-4-6-11)8-13-10(16)14-9(15)7-12/h2-8H2,1H3,(H2,13,14,15,16). The van der Waals surface area contributed by atoms with E-state index in [9.17, 15) is 9.59 Å². The average Bonchev–Trinajstić information content (AvgIpc) is 2.37. The van der Waals surface area contributed by atoms with Crippen LogP contribution in [0.4, 0.5) is 4.79 Å². The Bertz CT molecular complexity index is 281. The van der Waals surface area contributed by atoms with E-state index < -0.39 is 11.9 Å². The van der Waals surface area contributed by atoms with Crippen molar-refractivity contribution < 1.29 is 9.59 Å². The average molecular weight is 279 g/mol. The molecule has 1 fully saturated rings. The smallest absolute Gasteiger partial charge is 0.321 e. The fourth-order valence-corrected chi connectivity index (χ4v) is 3.08. The summed E-state index contributed by atoms with van der Waals surface area (Å²) in [6.45, 7) is 0.607. The molecule has 1 saturated carbocycles. The highest BCUT2D eigenvalue weighted by Gasteiger charge is 2.31. The van der Waals surface area contributed by atoms with Crippen LogP contribution in [0.5, 0.6) is 0 Å². The van der Waals surface area contributed by atoms with E-state index in [2.05, 4.69) is 16.9 Å². The van der Waals surface area contributed by atoms with Gasteiger partial charge >= 0.3 is 6.03 Å². The van der Waals surface area contributed by atoms with Crippen molar-refractivity contribution in [3.8, 4) is 0 Å². The lowest BCUT2D eigenvalue weighted by Gasteiger charge is -2.35. The van der Waals surface area contributed by atoms with Crippen molar-refractivity contribution in [3.63, 3.8) is 0 Å². The Morgan fingerprint density at radius 3 is 2.47 bits per heavy atom. The Morgan fingerprint density at radius 1 is 1.29 bits per heavy atom. The summed E-state index contributed by atoms with van der Waals surface area (Å²) in [6.07, 6.45) is 8.03. The number of nitrogens with one attached hydrogen (secondary N) is 2. The molecule has 0 aliphatic heterocycles. The summed E-state index contributed by atoms with van der Waals surface area (Å²) in [5, 5.41) is 4.94. The van der Waals surface area contributed by atoms with Crippen molar-refractivity contribution >= 4 is 35.3 Å². The minimum absolute atomic E-state index is 0.138. The summed E-state index contributed by atoms with van der Waals surface area (Å²) >= 11 is 7.11. The fourth-order valence-electron chi connectivity index (χ4n) is 2.09. The van der Waals surface area contributed by atoms with Crippen LogP contribution in [0.2, 0.25) is 0 Å². The Labute approximate surface area is 111 Å². The Morgan fingerprint density at radius 2 is 1.94 bits per heavy atom. The van der Waals surface area contributed by atoms with Crippen molar-refractivity contribution in [2.45, 2.75) is 36.9 Å². The molecule has 3 amide bonds. The lowest BCUT2D eigenvalue weighted by molar-refractivity contribution is -0.117. The Hall–Kier alpha value is -0.420. The molecule has 17 heavy (non-hydrogen) atoms. The third-order valence-corrected chi connectivity index (χ3v) is 4.80. The summed E-state index contributed by atoms with van der Waals surface area (Å²) in [5.41, 5.74) is 0. The van der Waals surface area contributed by atoms with E-state index in [1.165, 1.54) is 19.3 Å². The maximum atomic E-state index is 11.4. The van der Waals surface area contributed by atoms with Gasteiger partial charge in [-0.2, -0.15) is 11.8 Å². The first kappa shape index (κ1) is 14.6. The molecule has 0 aromatic heterocycles. The molecule has 0 bridgehead atoms. The van der Waals surface area contributed by atoms with Gasteiger partial charge in [-0.15, -0.1) is 11.6 Å². The van der Waals surface area contributed by atoms with Gasteiger partial charge in [-0.25, -0.2) is 4.79 Å². The fraction of sp³-hybridized carbons (Fsp3) is 0.818. The maximum Gasteiger partial charge on any atom is 0.321 e. The van der Waals surface area contributed by atoms with Crippen LogP contribution in [0, 0.1) is 0 Å². The molecule has 0 saturated heterocycles. The molecule has 0 aromatic rings. The van der Waals surface area contributed by atoms with E-state index in [-0.39, 0.29) is 10.6 Å². The highest BCUT2D eigenvalue weighted by Crippen LogP contribution is 2.37. The highest BCUT2D eigenvalue weighted by molar-refractivity contribution is 8.00. The number of alkyl halides is 1. The van der Waals surface area contributed by atoms with Gasteiger partial charge in [0.05, 0.1) is 0 Å². The highest BCUT2D eigenvalue weighted by atomic mass is 35.5. The summed E-state index contributed by atoms with van der Waals surface area (Å²) < 4.78 is 0.138. The van der Waals surface area contributed by atoms with Crippen LogP contribution in [0.25, 0.3) is 0 Å². The van der Waals surface area contributed by atoms with Gasteiger partial charge < -0.3 is 5.32 Å². The van der Waals surface area contributed by atoms with E-state index in [0.29, 0.717) is 6.54 Å². The van der Waals surface area contributed by atoms with Crippen LogP contribution in [0.1, 0.15) is 32.1 Å². The van der Waals surface area contributed by atoms with Crippen LogP contribution in [0.15, 0.2) is 0 Å². The second-order valence-electron chi connectivity index (χ2n) is 4.31. The second-order valence-corrected chi connectivity index (χ2v) is 5.85. The lowest BCUT2D eigenvalue weighted by atomic mass is 9.88. The zero-order chi connectivity index (χ0) is 12.7. The minimum atomic E-state index is -0.467. The van der Waals surface area contributed by atoms with Gasteiger partial charge in [0.1, 0.15) is 5.88 Å². The zero-order valence-electron chi connectivity index (χ0n) is 10.1. The van der Waals surface area contributed by atoms with E-state index in [1.807, 2.05) is 0 Å². The van der Waals surface area contributed by atoms with E-state index in [4.69, 9.17) is 11.6 Å². The van der Waals surface area contributed by atoms with Gasteiger partial charge in [0, 0.05) is 11.3 Å². The quantitative estimate of drug-likeness (QED) is 0.775. The predicted molar refractivity (Wildman–Crippen MR) is 71.6 cm³/mol. The van der Waals surface area contributed by atoms with Gasteiger partial charge in [-0.05, 0) is 19.1 Å². The van der Waals surface area contributed by atoms with Crippen molar-refractivity contribution in [2.75, 3.05) is 18.7 Å². The van der Waals surface area contributed by atoms with Gasteiger partial charge in [-0.3, -0.25) is 10.1 Å². The molecule has 0 heterocycles. The summed E-state index contributed by atoms with van der Waals surface area (Å²) in [4.78, 5) is 22.3. The first-order valence-corrected chi connectivity index (χ1v) is 7.56. The normalized spacial score (nSPS) is 18.5. The van der Waals surface area contributed by atoms with Crippen molar-refractivity contribution in [3.05, 3.63) is 0 Å². The molecule has 0 spiro atoms. The molecule has 1 rings (SSSR count). The van der Waals surface area contributed by atoms with Crippen LogP contribution in [0.3, 0.4) is 0 Å². The minimum Gasteiger partial charge on any atom is -0.336 e. The second kappa shape index (κ2) is 7.11. The van der Waals surface area contributed by atoms with E-state index in [1.54, 1.807) is 11.8 Å². The molecular formula is C11H19ClN2O2S. The first-order chi connectivity index (χ1) is 8.12. The molecule has 6 heteroatoms. The topological polar surface area (TPSA) is 58.2 Å². The number of hydrogen-bond donors (Lipinski definition) is 2. The van der Waals surface area contributed by atoms with Gasteiger partial charge in [0.2, 0.25) is 5.91 Å². The molecule has 0 aromatic carbocycles. The van der Waals surface area contributed by atoms with Gasteiger partial charge in [-0.1, -0.05) is 19.3 Å². The number of thioether (sulfide) groups is 1. The largest absolute Gasteiger partial charge is 0.336 e. The van der Waals surface area contributed by atoms with Crippen molar-refractivity contribution in [1.82, 2.24) is 10.6 Å². The molecule has 0 atom stereocenters. The molecule has 4 nitrogen and oxygen atoms in total. The Balaban J connectivity index is 2.36. The summed E-state index contributed by atoms with van der Waals surface area (Å²) in [7, 11) is 0. The summed E-state index contributed by atoms with van der Waals surface area (Å²) in [5.74, 6) is -0.660. The maximum absolute atomic E-state index is 11.4. The molecule has 0 unspecified atom stereocenters. The molecule has 2 N–H and O–H groups in total.